The first kappa shape index (κ1) is 17.1. The predicted octanol–water partition coefficient (Wildman–Crippen LogP) is 1.52. The average Bonchev–Trinajstić information content (AvgIpc) is 2.18. The van der Waals surface area contributed by atoms with Gasteiger partial charge in [0.2, 0.25) is 10.0 Å². The number of alkyl halides is 4. The van der Waals surface area contributed by atoms with Crippen LogP contribution in [-0.2, 0) is 19.9 Å². The molecule has 2 unspecified atom stereocenters. The van der Waals surface area contributed by atoms with Crippen molar-refractivity contribution in [1.82, 2.24) is 0 Å². The molecule has 0 aliphatic heterocycles. The molecule has 0 saturated carbocycles. The summed E-state index contributed by atoms with van der Waals surface area (Å²) in [5, 5.41) is 2.68. The molecular weight excluding hydrogens is 443 g/mol. The lowest BCUT2D eigenvalue weighted by Gasteiger charge is -2.32. The van der Waals surface area contributed by atoms with E-state index in [4.69, 9.17) is 5.14 Å². The zero-order valence-electron chi connectivity index (χ0n) is 8.73. The number of sulfonamides is 1. The van der Waals surface area contributed by atoms with Gasteiger partial charge in [0, 0.05) is 4.48 Å². The Labute approximate surface area is 124 Å². The van der Waals surface area contributed by atoms with Crippen molar-refractivity contribution in [3.63, 3.8) is 0 Å². The molecule has 0 saturated heterocycles. The van der Waals surface area contributed by atoms with Crippen molar-refractivity contribution < 1.29 is 30.0 Å². The topological polar surface area (TPSA) is 94.3 Å². The zero-order chi connectivity index (χ0) is 15.3. The van der Waals surface area contributed by atoms with Crippen LogP contribution < -0.4 is 5.14 Å². The summed E-state index contributed by atoms with van der Waals surface area (Å²) in [4.78, 5) is 0. The zero-order valence-corrected chi connectivity index (χ0v) is 13.5. The van der Waals surface area contributed by atoms with Gasteiger partial charge in [-0.15, -0.1) is 0 Å². The van der Waals surface area contributed by atoms with Crippen LogP contribution in [0.5, 0.6) is 0 Å². The molecule has 12 heteroatoms. The third-order valence-corrected chi connectivity index (χ3v) is 8.29. The molecule has 2 atom stereocenters. The highest BCUT2D eigenvalue weighted by atomic mass is 79.9. The highest BCUT2D eigenvalue weighted by Gasteiger charge is 2.63. The minimum atomic E-state index is -5.85. The average molecular weight is 449 g/mol. The molecule has 1 aliphatic rings. The van der Waals surface area contributed by atoms with Crippen LogP contribution in [0, 0.1) is 0 Å². The van der Waals surface area contributed by atoms with Crippen molar-refractivity contribution in [2.75, 3.05) is 0 Å². The van der Waals surface area contributed by atoms with Crippen LogP contribution in [0.1, 0.15) is 0 Å². The van der Waals surface area contributed by atoms with E-state index < -0.39 is 34.3 Å². The van der Waals surface area contributed by atoms with Gasteiger partial charge in [0.1, 0.15) is 5.25 Å². The molecule has 0 radical (unpaired) electrons. The van der Waals surface area contributed by atoms with Crippen molar-refractivity contribution in [3.05, 3.63) is 22.7 Å². The van der Waals surface area contributed by atoms with Gasteiger partial charge in [0.15, 0.2) is 3.66 Å². The monoisotopic (exact) mass is 447 g/mol. The first-order chi connectivity index (χ1) is 8.23. The maximum Gasteiger partial charge on any atom is 0.499 e. The summed E-state index contributed by atoms with van der Waals surface area (Å²) in [5.74, 6) is 0. The minimum absolute atomic E-state index is 0.0963. The Bertz CT molecular complexity index is 652. The Morgan fingerprint density at radius 3 is 2.11 bits per heavy atom. The number of halogens is 5. The summed E-state index contributed by atoms with van der Waals surface area (Å²) in [7, 11) is -10.4. The van der Waals surface area contributed by atoms with Crippen LogP contribution in [0.15, 0.2) is 22.7 Å². The molecule has 2 N–H and O–H groups in total. The van der Waals surface area contributed by atoms with Crippen molar-refractivity contribution in [2.24, 2.45) is 5.14 Å². The maximum atomic E-state index is 12.6. The number of primary sulfonamides is 1. The Morgan fingerprint density at radius 1 is 1.26 bits per heavy atom. The number of hydrogen-bond donors (Lipinski definition) is 1. The lowest BCUT2D eigenvalue weighted by Crippen LogP contribution is -2.53. The fourth-order valence-corrected chi connectivity index (χ4v) is 6.13. The van der Waals surface area contributed by atoms with Gasteiger partial charge in [-0.1, -0.05) is 31.9 Å². The van der Waals surface area contributed by atoms with E-state index >= 15 is 0 Å². The fourth-order valence-electron chi connectivity index (χ4n) is 1.34. The molecule has 0 bridgehead atoms. The molecule has 5 nitrogen and oxygen atoms in total. The molecular formula is C7H6Br2F3NO4S2. The van der Waals surface area contributed by atoms with Crippen LogP contribution in [0.3, 0.4) is 0 Å². The van der Waals surface area contributed by atoms with E-state index in [1.165, 1.54) is 0 Å². The van der Waals surface area contributed by atoms with Gasteiger partial charge in [0.05, 0.1) is 0 Å². The fraction of sp³-hybridized carbons (Fsp3) is 0.429. The van der Waals surface area contributed by atoms with Gasteiger partial charge in [-0.05, 0) is 18.2 Å². The van der Waals surface area contributed by atoms with E-state index in [2.05, 4.69) is 31.9 Å². The van der Waals surface area contributed by atoms with Crippen molar-refractivity contribution in [1.29, 1.82) is 0 Å². The second-order valence-electron chi connectivity index (χ2n) is 3.54. The van der Waals surface area contributed by atoms with Gasteiger partial charge in [0.25, 0.3) is 9.84 Å². The third-order valence-electron chi connectivity index (χ3n) is 2.24. The van der Waals surface area contributed by atoms with E-state index in [9.17, 15) is 30.0 Å². The normalized spacial score (nSPS) is 29.2. The Kier molecular flexibility index (Phi) is 4.35. The molecule has 1 rings (SSSR count). The third kappa shape index (κ3) is 2.91. The van der Waals surface area contributed by atoms with Crippen LogP contribution in [0.4, 0.5) is 13.2 Å². The van der Waals surface area contributed by atoms with E-state index in [0.29, 0.717) is 6.08 Å². The quantitative estimate of drug-likeness (QED) is 0.648. The van der Waals surface area contributed by atoms with Crippen LogP contribution >= 0.6 is 31.9 Å². The second kappa shape index (κ2) is 4.83. The summed E-state index contributed by atoms with van der Waals surface area (Å²) in [6.45, 7) is 0. The van der Waals surface area contributed by atoms with Crippen LogP contribution in [0.2, 0.25) is 0 Å². The largest absolute Gasteiger partial charge is 0.499 e. The van der Waals surface area contributed by atoms with E-state index in [-0.39, 0.29) is 4.48 Å². The summed E-state index contributed by atoms with van der Waals surface area (Å²) in [5.41, 5.74) is -5.64. The first-order valence-corrected chi connectivity index (χ1v) is 8.99. The van der Waals surface area contributed by atoms with Gasteiger partial charge in [-0.2, -0.15) is 13.2 Å². The summed E-state index contributed by atoms with van der Waals surface area (Å²) < 4.78 is 80.7. The molecule has 0 aromatic heterocycles. The van der Waals surface area contributed by atoms with E-state index in [1.54, 1.807) is 0 Å². The molecule has 110 valence electrons. The molecule has 0 spiro atoms. The standard InChI is InChI=1S/C7H6Br2F3NO4S2/c8-4-1-2-6(9,5(3-4)18(13,14)15)19(16,17)7(10,11)12/h1-3,5H,(H2,13,14,15). The van der Waals surface area contributed by atoms with Crippen LogP contribution in [0.25, 0.3) is 0 Å². The summed E-state index contributed by atoms with van der Waals surface area (Å²) in [6.07, 6.45) is 2.34. The number of hydrogen-bond acceptors (Lipinski definition) is 4. The van der Waals surface area contributed by atoms with Gasteiger partial charge >= 0.3 is 5.51 Å². The first-order valence-electron chi connectivity index (χ1n) is 4.31. The number of allylic oxidation sites excluding steroid dienone is 2. The predicted molar refractivity (Wildman–Crippen MR) is 69.7 cm³/mol. The molecule has 0 heterocycles. The molecule has 0 aromatic rings. The summed E-state index contributed by atoms with van der Waals surface area (Å²) in [6, 6.07) is 0. The van der Waals surface area contributed by atoms with Crippen molar-refractivity contribution >= 4 is 51.7 Å². The second-order valence-corrected chi connectivity index (χ2v) is 10.1. The number of nitrogens with two attached hydrogens (primary N) is 1. The van der Waals surface area contributed by atoms with Crippen molar-refractivity contribution in [2.45, 2.75) is 14.4 Å². The van der Waals surface area contributed by atoms with Crippen LogP contribution in [-0.4, -0.2) is 31.3 Å². The smallest absolute Gasteiger partial charge is 0.228 e. The van der Waals surface area contributed by atoms with E-state index in [0.717, 1.165) is 12.2 Å². The Balaban J connectivity index is 3.60. The number of sulfone groups is 1. The highest BCUT2D eigenvalue weighted by molar-refractivity contribution is 9.12. The molecule has 0 fully saturated rings. The van der Waals surface area contributed by atoms with Gasteiger partial charge in [-0.25, -0.2) is 22.0 Å². The SMILES string of the molecule is NS(=O)(=O)C1C=C(Br)C=CC1(Br)S(=O)(=O)C(F)(F)F. The molecule has 1 aliphatic carbocycles. The summed E-state index contributed by atoms with van der Waals surface area (Å²) >= 11 is 5.21. The molecule has 0 amide bonds. The van der Waals surface area contributed by atoms with Crippen molar-refractivity contribution in [3.8, 4) is 0 Å². The van der Waals surface area contributed by atoms with Gasteiger partial charge in [-0.3, -0.25) is 0 Å². The van der Waals surface area contributed by atoms with E-state index in [1.807, 2.05) is 0 Å². The lowest BCUT2D eigenvalue weighted by molar-refractivity contribution is -0.0443. The molecule has 19 heavy (non-hydrogen) atoms. The minimum Gasteiger partial charge on any atom is -0.228 e. The lowest BCUT2D eigenvalue weighted by atomic mass is 10.2. The highest BCUT2D eigenvalue weighted by Crippen LogP contribution is 2.45. The maximum absolute atomic E-state index is 12.6. The number of rotatable bonds is 2. The molecule has 0 aromatic carbocycles. The van der Waals surface area contributed by atoms with Gasteiger partial charge < -0.3 is 0 Å². The Morgan fingerprint density at radius 2 is 1.74 bits per heavy atom. The Hall–Kier alpha value is 0.0900.